The number of aromatic hydroxyl groups is 2. The van der Waals surface area contributed by atoms with Crippen molar-refractivity contribution >= 4 is 17.1 Å². The molecule has 0 saturated heterocycles. The van der Waals surface area contributed by atoms with Gasteiger partial charge in [-0.15, -0.1) is 0 Å². The molecule has 5 heteroatoms. The van der Waals surface area contributed by atoms with Gasteiger partial charge in [-0.1, -0.05) is 55.8 Å². The van der Waals surface area contributed by atoms with Crippen molar-refractivity contribution in [1.29, 1.82) is 0 Å². The molecule has 32 heavy (non-hydrogen) atoms. The maximum atomic E-state index is 13.9. The van der Waals surface area contributed by atoms with E-state index in [1.807, 2.05) is 26.0 Å². The van der Waals surface area contributed by atoms with E-state index in [0.29, 0.717) is 11.1 Å². The molecule has 2 aromatic carbocycles. The first-order valence-corrected chi connectivity index (χ1v) is 10.9. The number of benzene rings is 2. The first kappa shape index (κ1) is 20.7. The topological polar surface area (TPSA) is 94.8 Å². The lowest BCUT2D eigenvalue weighted by Gasteiger charge is -2.57. The lowest BCUT2D eigenvalue weighted by molar-refractivity contribution is -0.161. The first-order valence-electron chi connectivity index (χ1n) is 10.9. The number of carbonyl (C=O) groups is 2. The molecule has 2 aromatic rings. The molecule has 0 aliphatic heterocycles. The standard InChI is InChI=1S/C27H26O5/c1-14(2)19-12-21-23-24(30)20(15-4-8-17(28)9-5-15)13-27(23,16-6-10-18(29)11-7-16)22(19)25(31)26(21,3)32/h4-14,21-23,28-29,32H,1-3H3/t21-,22-,23-,26+,27+/m0/s1. The molecule has 1 fully saturated rings. The normalized spacial score (nSPS) is 33.3. The molecule has 4 aliphatic rings. The number of allylic oxidation sites excluding steroid dienone is 3. The zero-order valence-corrected chi connectivity index (χ0v) is 18.2. The Labute approximate surface area is 186 Å². The number of aliphatic hydroxyl groups is 1. The SMILES string of the molecule is CC(C)C1=C[C@H]2[C@H]3C(=O)C(c4ccc(O)cc4)=C[C@@]3(c3ccc(O)cc3)[C@@H]1C(=O)[C@]2(C)O. The summed E-state index contributed by atoms with van der Waals surface area (Å²) in [6, 6.07) is 13.1. The smallest absolute Gasteiger partial charge is 0.173 e. The van der Waals surface area contributed by atoms with Gasteiger partial charge < -0.3 is 15.3 Å². The Morgan fingerprint density at radius 1 is 0.906 bits per heavy atom. The Kier molecular flexibility index (Phi) is 4.31. The maximum Gasteiger partial charge on any atom is 0.173 e. The van der Waals surface area contributed by atoms with Gasteiger partial charge in [-0.2, -0.15) is 0 Å². The second-order valence-corrected chi connectivity index (χ2v) is 9.72. The molecule has 0 spiro atoms. The largest absolute Gasteiger partial charge is 0.508 e. The van der Waals surface area contributed by atoms with Crippen LogP contribution >= 0.6 is 0 Å². The second-order valence-electron chi connectivity index (χ2n) is 9.72. The summed E-state index contributed by atoms with van der Waals surface area (Å²) in [7, 11) is 0. The highest BCUT2D eigenvalue weighted by Crippen LogP contribution is 2.64. The third kappa shape index (κ3) is 2.54. The van der Waals surface area contributed by atoms with Crippen molar-refractivity contribution in [2.75, 3.05) is 0 Å². The lowest BCUT2D eigenvalue weighted by Crippen LogP contribution is -2.66. The minimum absolute atomic E-state index is 0.0683. The average molecular weight is 431 g/mol. The molecule has 0 heterocycles. The van der Waals surface area contributed by atoms with Crippen LogP contribution in [0.5, 0.6) is 11.5 Å². The van der Waals surface area contributed by atoms with Crippen LogP contribution in [0.2, 0.25) is 0 Å². The summed E-state index contributed by atoms with van der Waals surface area (Å²) in [5, 5.41) is 30.8. The lowest BCUT2D eigenvalue weighted by atomic mass is 9.44. The molecule has 0 radical (unpaired) electrons. The fourth-order valence-electron chi connectivity index (χ4n) is 6.07. The number of hydrogen-bond acceptors (Lipinski definition) is 5. The van der Waals surface area contributed by atoms with Crippen molar-refractivity contribution in [1.82, 2.24) is 0 Å². The van der Waals surface area contributed by atoms with Gasteiger partial charge in [-0.05, 0) is 48.2 Å². The molecule has 5 nitrogen and oxygen atoms in total. The molecule has 6 rings (SSSR count). The number of rotatable bonds is 3. The molecular formula is C27H26O5. The van der Waals surface area contributed by atoms with E-state index >= 15 is 0 Å². The monoisotopic (exact) mass is 430 g/mol. The van der Waals surface area contributed by atoms with E-state index in [1.165, 1.54) is 19.1 Å². The van der Waals surface area contributed by atoms with E-state index in [9.17, 15) is 24.9 Å². The predicted octanol–water partition coefficient (Wildman–Crippen LogP) is 3.78. The molecule has 0 aromatic heterocycles. The molecule has 0 unspecified atom stereocenters. The molecule has 1 saturated carbocycles. The predicted molar refractivity (Wildman–Crippen MR) is 120 cm³/mol. The summed E-state index contributed by atoms with van der Waals surface area (Å²) in [5.41, 5.74) is 0.276. The fraction of sp³-hybridized carbons (Fsp3) is 0.333. The van der Waals surface area contributed by atoms with Gasteiger partial charge in [-0.3, -0.25) is 9.59 Å². The van der Waals surface area contributed by atoms with Crippen LogP contribution in [0.1, 0.15) is 31.9 Å². The highest BCUT2D eigenvalue weighted by atomic mass is 16.3. The second kappa shape index (κ2) is 6.66. The first-order chi connectivity index (χ1) is 15.1. The van der Waals surface area contributed by atoms with E-state index in [2.05, 4.69) is 0 Å². The summed E-state index contributed by atoms with van der Waals surface area (Å²) >= 11 is 0. The number of phenols is 2. The van der Waals surface area contributed by atoms with Crippen LogP contribution in [0.25, 0.3) is 5.57 Å². The zero-order chi connectivity index (χ0) is 23.0. The quantitative estimate of drug-likeness (QED) is 0.644. The Balaban J connectivity index is 1.82. The van der Waals surface area contributed by atoms with Crippen LogP contribution < -0.4 is 0 Å². The van der Waals surface area contributed by atoms with Crippen molar-refractivity contribution in [2.24, 2.45) is 23.7 Å². The van der Waals surface area contributed by atoms with Crippen molar-refractivity contribution in [2.45, 2.75) is 31.8 Å². The molecule has 5 atom stereocenters. The Bertz CT molecular complexity index is 1180. The Hall–Kier alpha value is -3.18. The minimum Gasteiger partial charge on any atom is -0.508 e. The number of phenolic OH excluding ortho intramolecular Hbond substituents is 2. The van der Waals surface area contributed by atoms with Gasteiger partial charge in [0.2, 0.25) is 0 Å². The van der Waals surface area contributed by atoms with Crippen LogP contribution in [0.15, 0.2) is 66.3 Å². The number of fused-ring (bicyclic) bond motifs is 1. The highest BCUT2D eigenvalue weighted by molar-refractivity contribution is 6.26. The van der Waals surface area contributed by atoms with E-state index < -0.39 is 28.8 Å². The molecule has 3 N–H and O–H groups in total. The van der Waals surface area contributed by atoms with Gasteiger partial charge in [0, 0.05) is 22.8 Å². The van der Waals surface area contributed by atoms with E-state index in [1.54, 1.807) is 36.4 Å². The van der Waals surface area contributed by atoms with Gasteiger partial charge in [0.05, 0.1) is 5.92 Å². The summed E-state index contributed by atoms with van der Waals surface area (Å²) in [6.45, 7) is 5.57. The van der Waals surface area contributed by atoms with Crippen molar-refractivity contribution in [3.8, 4) is 11.5 Å². The maximum absolute atomic E-state index is 13.9. The molecular weight excluding hydrogens is 404 g/mol. The Morgan fingerprint density at radius 2 is 1.47 bits per heavy atom. The Morgan fingerprint density at radius 3 is 2.03 bits per heavy atom. The number of hydrogen-bond donors (Lipinski definition) is 3. The fourth-order valence-corrected chi connectivity index (χ4v) is 6.07. The summed E-state index contributed by atoms with van der Waals surface area (Å²) < 4.78 is 0. The van der Waals surface area contributed by atoms with Crippen LogP contribution in [0.4, 0.5) is 0 Å². The van der Waals surface area contributed by atoms with Gasteiger partial charge in [-0.25, -0.2) is 0 Å². The van der Waals surface area contributed by atoms with Crippen molar-refractivity contribution in [3.05, 3.63) is 77.4 Å². The number of Topliss-reactive ketones (excluding diaryl/α,β-unsaturated/α-hetero) is 2. The van der Waals surface area contributed by atoms with Crippen LogP contribution in [0.3, 0.4) is 0 Å². The van der Waals surface area contributed by atoms with E-state index in [-0.39, 0.29) is 29.0 Å². The number of ketones is 2. The average Bonchev–Trinajstić information content (AvgIpc) is 3.06. The minimum atomic E-state index is -1.64. The molecule has 4 aliphatic carbocycles. The third-order valence-corrected chi connectivity index (χ3v) is 7.61. The van der Waals surface area contributed by atoms with Crippen LogP contribution in [-0.2, 0) is 15.0 Å². The van der Waals surface area contributed by atoms with E-state index in [4.69, 9.17) is 0 Å². The molecule has 0 amide bonds. The zero-order valence-electron chi connectivity index (χ0n) is 18.2. The van der Waals surface area contributed by atoms with Crippen LogP contribution in [-0.4, -0.2) is 32.5 Å². The third-order valence-electron chi connectivity index (χ3n) is 7.61. The van der Waals surface area contributed by atoms with Gasteiger partial charge in [0.15, 0.2) is 11.6 Å². The van der Waals surface area contributed by atoms with Crippen molar-refractivity contribution in [3.63, 3.8) is 0 Å². The van der Waals surface area contributed by atoms with E-state index in [0.717, 1.165) is 11.1 Å². The highest BCUT2D eigenvalue weighted by Gasteiger charge is 2.70. The van der Waals surface area contributed by atoms with Gasteiger partial charge in [0.25, 0.3) is 0 Å². The summed E-state index contributed by atoms with van der Waals surface area (Å²) in [6.07, 6.45) is 3.85. The molecule has 164 valence electrons. The van der Waals surface area contributed by atoms with Gasteiger partial charge >= 0.3 is 0 Å². The summed E-state index contributed by atoms with van der Waals surface area (Å²) in [4.78, 5) is 27.6. The van der Waals surface area contributed by atoms with Gasteiger partial charge in [0.1, 0.15) is 17.1 Å². The van der Waals surface area contributed by atoms with Crippen molar-refractivity contribution < 1.29 is 24.9 Å². The molecule has 2 bridgehead atoms. The summed E-state index contributed by atoms with van der Waals surface area (Å²) in [5.74, 6) is -2.10. The van der Waals surface area contributed by atoms with Crippen LogP contribution in [0, 0.1) is 23.7 Å². The number of carbonyl (C=O) groups excluding carboxylic acids is 2.